The lowest BCUT2D eigenvalue weighted by atomic mass is 10.00. The van der Waals surface area contributed by atoms with Crippen LogP contribution in [0.25, 0.3) is 0 Å². The summed E-state index contributed by atoms with van der Waals surface area (Å²) in [6, 6.07) is 0.158. The van der Waals surface area contributed by atoms with E-state index in [1.54, 1.807) is 6.92 Å². The number of ether oxygens (including phenoxy) is 1. The molecule has 0 spiro atoms. The molecule has 1 amide bonds. The predicted octanol–water partition coefficient (Wildman–Crippen LogP) is 0.573. The Labute approximate surface area is 102 Å². The van der Waals surface area contributed by atoms with Crippen molar-refractivity contribution in [2.75, 3.05) is 13.2 Å². The van der Waals surface area contributed by atoms with Gasteiger partial charge in [0, 0.05) is 19.0 Å². The van der Waals surface area contributed by atoms with E-state index in [0.29, 0.717) is 25.5 Å². The lowest BCUT2D eigenvalue weighted by molar-refractivity contribution is -0.143. The first-order valence-electron chi connectivity index (χ1n) is 6.31. The monoisotopic (exact) mass is 242 g/mol. The van der Waals surface area contributed by atoms with Crippen molar-refractivity contribution in [3.05, 3.63) is 0 Å². The molecule has 2 atom stereocenters. The minimum Gasteiger partial charge on any atom is -0.466 e. The van der Waals surface area contributed by atoms with Crippen molar-refractivity contribution in [1.29, 1.82) is 0 Å². The summed E-state index contributed by atoms with van der Waals surface area (Å²) in [5, 5.41) is 2.72. The molecule has 5 nitrogen and oxygen atoms in total. The maximum absolute atomic E-state index is 11.6. The third kappa shape index (κ3) is 5.17. The molecular formula is C12H22N2O3. The molecule has 98 valence electrons. The van der Waals surface area contributed by atoms with Gasteiger partial charge in [-0.2, -0.15) is 0 Å². The number of carbonyl (C=O) groups excluding carboxylic acids is 2. The first-order chi connectivity index (χ1) is 8.13. The topological polar surface area (TPSA) is 81.4 Å². The minimum atomic E-state index is -0.273. The maximum atomic E-state index is 11.6. The van der Waals surface area contributed by atoms with E-state index in [1.807, 2.05) is 0 Å². The number of hydrogen-bond acceptors (Lipinski definition) is 4. The number of rotatable bonds is 6. The summed E-state index contributed by atoms with van der Waals surface area (Å²) in [5.74, 6) is 0.0135. The van der Waals surface area contributed by atoms with E-state index in [9.17, 15) is 9.59 Å². The zero-order valence-electron chi connectivity index (χ0n) is 10.4. The van der Waals surface area contributed by atoms with E-state index in [-0.39, 0.29) is 24.3 Å². The Morgan fingerprint density at radius 3 is 2.76 bits per heavy atom. The predicted molar refractivity (Wildman–Crippen MR) is 64.2 cm³/mol. The first kappa shape index (κ1) is 14.0. The quantitative estimate of drug-likeness (QED) is 0.667. The van der Waals surface area contributed by atoms with Crippen LogP contribution in [0.2, 0.25) is 0 Å². The van der Waals surface area contributed by atoms with Crippen LogP contribution >= 0.6 is 0 Å². The molecule has 1 rings (SSSR count). The van der Waals surface area contributed by atoms with E-state index in [0.717, 1.165) is 19.3 Å². The average Bonchev–Trinajstić information content (AvgIpc) is 2.65. The number of hydrogen-bond donors (Lipinski definition) is 2. The van der Waals surface area contributed by atoms with Gasteiger partial charge in [-0.3, -0.25) is 9.59 Å². The highest BCUT2D eigenvalue weighted by Crippen LogP contribution is 2.26. The van der Waals surface area contributed by atoms with Crippen molar-refractivity contribution in [1.82, 2.24) is 5.32 Å². The van der Waals surface area contributed by atoms with Gasteiger partial charge in [0.1, 0.15) is 0 Å². The van der Waals surface area contributed by atoms with Crippen molar-refractivity contribution < 1.29 is 14.3 Å². The summed E-state index contributed by atoms with van der Waals surface area (Å²) >= 11 is 0. The van der Waals surface area contributed by atoms with Gasteiger partial charge in [0.05, 0.1) is 13.0 Å². The standard InChI is InChI=1S/C12H22N2O3/c1-2-17-12(16)6-7-14-11(15)8-9-4-3-5-10(9)13/h9-10H,2-8,13H2,1H3,(H,14,15)/t9-,10+/m0/s1. The summed E-state index contributed by atoms with van der Waals surface area (Å²) < 4.78 is 4.76. The molecule has 17 heavy (non-hydrogen) atoms. The molecule has 0 saturated heterocycles. The number of carbonyl (C=O) groups is 2. The van der Waals surface area contributed by atoms with E-state index in [1.165, 1.54) is 0 Å². The Bertz CT molecular complexity index is 268. The molecule has 1 saturated carbocycles. The van der Waals surface area contributed by atoms with Crippen LogP contribution < -0.4 is 11.1 Å². The van der Waals surface area contributed by atoms with Crippen LogP contribution in [0.4, 0.5) is 0 Å². The van der Waals surface area contributed by atoms with Crippen LogP contribution in [-0.4, -0.2) is 31.1 Å². The summed E-state index contributed by atoms with van der Waals surface area (Å²) in [4.78, 5) is 22.6. The summed E-state index contributed by atoms with van der Waals surface area (Å²) in [6.07, 6.45) is 3.87. The van der Waals surface area contributed by atoms with Crippen LogP contribution in [0.3, 0.4) is 0 Å². The smallest absolute Gasteiger partial charge is 0.307 e. The molecule has 1 aliphatic carbocycles. The number of nitrogens with one attached hydrogen (secondary N) is 1. The second-order valence-corrected chi connectivity index (χ2v) is 4.46. The van der Waals surface area contributed by atoms with Gasteiger partial charge in [0.15, 0.2) is 0 Å². The first-order valence-corrected chi connectivity index (χ1v) is 6.31. The molecule has 0 radical (unpaired) electrons. The van der Waals surface area contributed by atoms with Crippen molar-refractivity contribution in [3.63, 3.8) is 0 Å². The SMILES string of the molecule is CCOC(=O)CCNC(=O)C[C@@H]1CCC[C@H]1N. The highest BCUT2D eigenvalue weighted by Gasteiger charge is 2.25. The Morgan fingerprint density at radius 1 is 1.41 bits per heavy atom. The Kier molecular flexibility index (Phi) is 5.97. The normalized spacial score (nSPS) is 23.4. The van der Waals surface area contributed by atoms with Crippen LogP contribution in [0, 0.1) is 5.92 Å². The summed E-state index contributed by atoms with van der Waals surface area (Å²) in [6.45, 7) is 2.49. The van der Waals surface area contributed by atoms with Gasteiger partial charge >= 0.3 is 5.97 Å². The minimum absolute atomic E-state index is 0.0170. The van der Waals surface area contributed by atoms with Crippen LogP contribution in [0.5, 0.6) is 0 Å². The molecule has 0 aromatic rings. The van der Waals surface area contributed by atoms with Gasteiger partial charge in [-0.15, -0.1) is 0 Å². The maximum Gasteiger partial charge on any atom is 0.307 e. The molecule has 0 unspecified atom stereocenters. The van der Waals surface area contributed by atoms with Gasteiger partial charge in [-0.1, -0.05) is 6.42 Å². The third-order valence-corrected chi connectivity index (χ3v) is 3.12. The van der Waals surface area contributed by atoms with Crippen molar-refractivity contribution >= 4 is 11.9 Å². The lowest BCUT2D eigenvalue weighted by Crippen LogP contribution is -2.32. The molecule has 3 N–H and O–H groups in total. The molecule has 5 heteroatoms. The molecule has 0 heterocycles. The third-order valence-electron chi connectivity index (χ3n) is 3.12. The number of esters is 1. The molecular weight excluding hydrogens is 220 g/mol. The van der Waals surface area contributed by atoms with E-state index < -0.39 is 0 Å². The zero-order valence-corrected chi connectivity index (χ0v) is 10.4. The summed E-state index contributed by atoms with van der Waals surface area (Å²) in [5.41, 5.74) is 5.89. The van der Waals surface area contributed by atoms with E-state index >= 15 is 0 Å². The Morgan fingerprint density at radius 2 is 2.18 bits per heavy atom. The van der Waals surface area contributed by atoms with Crippen molar-refractivity contribution in [2.45, 2.75) is 45.1 Å². The van der Waals surface area contributed by atoms with Gasteiger partial charge in [-0.25, -0.2) is 0 Å². The number of nitrogens with two attached hydrogens (primary N) is 1. The largest absolute Gasteiger partial charge is 0.466 e. The molecule has 0 aliphatic heterocycles. The molecule has 1 aliphatic rings. The average molecular weight is 242 g/mol. The Hall–Kier alpha value is -1.10. The lowest BCUT2D eigenvalue weighted by Gasteiger charge is -2.14. The zero-order chi connectivity index (χ0) is 12.7. The second-order valence-electron chi connectivity index (χ2n) is 4.46. The van der Waals surface area contributed by atoms with Crippen LogP contribution in [0.1, 0.15) is 39.0 Å². The Balaban J connectivity index is 2.11. The van der Waals surface area contributed by atoms with Gasteiger partial charge < -0.3 is 15.8 Å². The molecule has 1 fully saturated rings. The fourth-order valence-corrected chi connectivity index (χ4v) is 2.17. The van der Waals surface area contributed by atoms with Crippen molar-refractivity contribution in [2.24, 2.45) is 11.7 Å². The summed E-state index contributed by atoms with van der Waals surface area (Å²) in [7, 11) is 0. The van der Waals surface area contributed by atoms with E-state index in [4.69, 9.17) is 10.5 Å². The fraction of sp³-hybridized carbons (Fsp3) is 0.833. The van der Waals surface area contributed by atoms with Crippen LogP contribution in [-0.2, 0) is 14.3 Å². The fourth-order valence-electron chi connectivity index (χ4n) is 2.17. The van der Waals surface area contributed by atoms with Crippen LogP contribution in [0.15, 0.2) is 0 Å². The highest BCUT2D eigenvalue weighted by molar-refractivity contribution is 5.77. The van der Waals surface area contributed by atoms with Gasteiger partial charge in [0.25, 0.3) is 0 Å². The number of amides is 1. The van der Waals surface area contributed by atoms with E-state index in [2.05, 4.69) is 5.32 Å². The molecule has 0 bridgehead atoms. The van der Waals surface area contributed by atoms with Gasteiger partial charge in [0.2, 0.25) is 5.91 Å². The molecule has 0 aromatic heterocycles. The second kappa shape index (κ2) is 7.27. The van der Waals surface area contributed by atoms with Gasteiger partial charge in [-0.05, 0) is 25.7 Å². The molecule has 0 aromatic carbocycles. The highest BCUT2D eigenvalue weighted by atomic mass is 16.5. The van der Waals surface area contributed by atoms with Crippen molar-refractivity contribution in [3.8, 4) is 0 Å².